The number of aromatic carboxylic acids is 1. The first-order valence-corrected chi connectivity index (χ1v) is 15.2. The monoisotopic (exact) mass is 628 g/mol. The van der Waals surface area contributed by atoms with E-state index in [9.17, 15) is 40.2 Å². The predicted molar refractivity (Wildman–Crippen MR) is 172 cm³/mol. The molecular formula is C39H32O8-2. The summed E-state index contributed by atoms with van der Waals surface area (Å²) in [5, 5.41) is 69.8. The first-order chi connectivity index (χ1) is 22.4. The Bertz CT molecular complexity index is 2080. The Kier molecular flexibility index (Phi) is 8.11. The number of aromatic hydroxyl groups is 2. The summed E-state index contributed by atoms with van der Waals surface area (Å²) >= 11 is 0. The van der Waals surface area contributed by atoms with Crippen molar-refractivity contribution < 1.29 is 40.2 Å². The van der Waals surface area contributed by atoms with Crippen molar-refractivity contribution in [2.24, 2.45) is 0 Å². The number of phenolic OH excluding ortho intramolecular Hbond substituents is 2. The molecule has 5 aromatic carbocycles. The van der Waals surface area contributed by atoms with E-state index in [-0.39, 0.29) is 66.0 Å². The van der Waals surface area contributed by atoms with Gasteiger partial charge in [0.05, 0.1) is 12.0 Å². The Labute approximate surface area is 271 Å². The molecule has 0 saturated carbocycles. The molecule has 0 saturated heterocycles. The summed E-state index contributed by atoms with van der Waals surface area (Å²) < 4.78 is 0. The van der Waals surface area contributed by atoms with Crippen LogP contribution in [0.5, 0.6) is 23.0 Å². The van der Waals surface area contributed by atoms with Crippen LogP contribution in [-0.2, 0) is 36.9 Å². The lowest BCUT2D eigenvalue weighted by Crippen LogP contribution is -2.10. The second-order valence-corrected chi connectivity index (χ2v) is 12.4. The van der Waals surface area contributed by atoms with E-state index in [1.165, 1.54) is 12.1 Å². The van der Waals surface area contributed by atoms with Gasteiger partial charge in [0, 0.05) is 25.7 Å². The van der Waals surface area contributed by atoms with Crippen LogP contribution in [0.25, 0.3) is 11.1 Å². The second-order valence-electron chi connectivity index (χ2n) is 12.4. The van der Waals surface area contributed by atoms with Gasteiger partial charge >= 0.3 is 11.9 Å². The Morgan fingerprint density at radius 3 is 1.36 bits per heavy atom. The predicted octanol–water partition coefficient (Wildman–Crippen LogP) is 5.53. The molecular weight excluding hydrogens is 596 g/mol. The highest BCUT2D eigenvalue weighted by Gasteiger charge is 2.19. The lowest BCUT2D eigenvalue weighted by molar-refractivity contribution is -0.271. The van der Waals surface area contributed by atoms with E-state index in [0.717, 1.165) is 16.7 Å². The third-order valence-corrected chi connectivity index (χ3v) is 8.72. The van der Waals surface area contributed by atoms with Crippen molar-refractivity contribution in [2.75, 3.05) is 0 Å². The molecule has 6 rings (SSSR count). The normalized spacial score (nSPS) is 12.5. The van der Waals surface area contributed by atoms with Gasteiger partial charge in [-0.2, -0.15) is 0 Å². The van der Waals surface area contributed by atoms with Crippen LogP contribution in [0, 0.1) is 13.8 Å². The zero-order chi connectivity index (χ0) is 33.6. The minimum absolute atomic E-state index is 0.0310. The topological polar surface area (TPSA) is 161 Å². The van der Waals surface area contributed by atoms with Crippen LogP contribution >= 0.6 is 0 Å². The fraction of sp³-hybridized carbons (Fsp3) is 0.179. The van der Waals surface area contributed by atoms with Crippen LogP contribution in [0.4, 0.5) is 0 Å². The molecule has 47 heavy (non-hydrogen) atoms. The van der Waals surface area contributed by atoms with E-state index in [0.29, 0.717) is 44.5 Å². The molecule has 1 aliphatic rings. The number of phenols is 2. The minimum Gasteiger partial charge on any atom is -0.872 e. The molecule has 4 N–H and O–H groups in total. The summed E-state index contributed by atoms with van der Waals surface area (Å²) in [6.45, 7) is 3.74. The van der Waals surface area contributed by atoms with Crippen molar-refractivity contribution >= 4 is 11.9 Å². The van der Waals surface area contributed by atoms with Crippen LogP contribution < -0.4 is 10.2 Å². The number of carboxylic acids is 2. The highest BCUT2D eigenvalue weighted by Crippen LogP contribution is 2.39. The SMILES string of the molecule is Cc1cc2c([O-])c(c1)Cc1cc(-c3ccc(CC(=O)O)cc3)cc(c1O)Cc1cc(C(=O)O)cc(c1[O-])Cc1cc(C)cc(c1O)C2. The van der Waals surface area contributed by atoms with E-state index >= 15 is 0 Å². The summed E-state index contributed by atoms with van der Waals surface area (Å²) in [5.41, 5.74) is 6.64. The van der Waals surface area contributed by atoms with Gasteiger partial charge in [-0.15, -0.1) is 11.5 Å². The zero-order valence-corrected chi connectivity index (χ0v) is 25.9. The van der Waals surface area contributed by atoms with E-state index in [1.807, 2.05) is 13.8 Å². The summed E-state index contributed by atoms with van der Waals surface area (Å²) in [5.74, 6) is -2.91. The number of fused-ring (bicyclic) bond motifs is 8. The van der Waals surface area contributed by atoms with Crippen molar-refractivity contribution in [2.45, 2.75) is 46.0 Å². The Balaban J connectivity index is 1.60. The molecule has 0 amide bonds. The Hall–Kier alpha value is -5.76. The lowest BCUT2D eigenvalue weighted by Gasteiger charge is -2.25. The van der Waals surface area contributed by atoms with Crippen LogP contribution in [0.2, 0.25) is 0 Å². The minimum atomic E-state index is -1.21. The highest BCUT2D eigenvalue weighted by atomic mass is 16.4. The molecule has 0 aliphatic heterocycles. The lowest BCUT2D eigenvalue weighted by atomic mass is 9.88. The molecule has 8 nitrogen and oxygen atoms in total. The van der Waals surface area contributed by atoms with Gasteiger partial charge in [0.1, 0.15) is 11.5 Å². The summed E-state index contributed by atoms with van der Waals surface area (Å²) in [6.07, 6.45) is -0.0444. The van der Waals surface area contributed by atoms with Crippen molar-refractivity contribution in [1.82, 2.24) is 0 Å². The maximum Gasteiger partial charge on any atom is 0.335 e. The smallest absolute Gasteiger partial charge is 0.335 e. The van der Waals surface area contributed by atoms with Gasteiger partial charge in [-0.25, -0.2) is 4.79 Å². The summed E-state index contributed by atoms with van der Waals surface area (Å²) in [6, 6.07) is 20.2. The van der Waals surface area contributed by atoms with Crippen molar-refractivity contribution in [3.63, 3.8) is 0 Å². The molecule has 0 fully saturated rings. The molecule has 0 heterocycles. The average Bonchev–Trinajstić information content (AvgIpc) is 3.01. The van der Waals surface area contributed by atoms with Crippen molar-refractivity contribution in [1.29, 1.82) is 0 Å². The van der Waals surface area contributed by atoms with E-state index < -0.39 is 17.7 Å². The zero-order valence-electron chi connectivity index (χ0n) is 25.9. The van der Waals surface area contributed by atoms with Gasteiger partial charge in [-0.3, -0.25) is 4.79 Å². The third kappa shape index (κ3) is 6.35. The number of carbonyl (C=O) groups is 2. The fourth-order valence-corrected chi connectivity index (χ4v) is 6.54. The molecule has 0 spiro atoms. The molecule has 0 unspecified atom stereocenters. The van der Waals surface area contributed by atoms with Gasteiger partial charge in [-0.05, 0) is 77.1 Å². The van der Waals surface area contributed by atoms with Gasteiger partial charge < -0.3 is 30.6 Å². The van der Waals surface area contributed by atoms with Gasteiger partial charge in [-0.1, -0.05) is 81.9 Å². The van der Waals surface area contributed by atoms with Crippen LogP contribution in [0.3, 0.4) is 0 Å². The van der Waals surface area contributed by atoms with Gasteiger partial charge in [0.25, 0.3) is 0 Å². The third-order valence-electron chi connectivity index (χ3n) is 8.72. The first-order valence-electron chi connectivity index (χ1n) is 15.2. The Morgan fingerprint density at radius 2 is 0.957 bits per heavy atom. The number of hydrogen-bond donors (Lipinski definition) is 4. The maximum absolute atomic E-state index is 13.9. The van der Waals surface area contributed by atoms with E-state index in [2.05, 4.69) is 0 Å². The molecule has 5 aromatic rings. The highest BCUT2D eigenvalue weighted by molar-refractivity contribution is 5.88. The molecule has 0 atom stereocenters. The van der Waals surface area contributed by atoms with Crippen LogP contribution in [-0.4, -0.2) is 32.4 Å². The quantitative estimate of drug-likeness (QED) is 0.198. The summed E-state index contributed by atoms with van der Waals surface area (Å²) in [7, 11) is 0. The largest absolute Gasteiger partial charge is 0.872 e. The first kappa shape index (κ1) is 31.2. The standard InChI is InChI=1S/C39H34O8/c1-20-7-25-14-26-8-21(2)10-28(36(26)43)16-31-18-33(39(46)47)19-32(38(31)45)17-30-13-24(23-5-3-22(4-6-23)11-34(40)41)12-29(37(30)44)15-27(9-20)35(25)42/h3-10,12-13,18-19,42-45H,11,14-17H2,1-2H3,(H,40,41)(H,46,47)/p-2. The number of rotatable bonds is 4. The molecule has 0 aromatic heterocycles. The number of benzene rings is 5. The number of hydrogen-bond acceptors (Lipinski definition) is 6. The fourth-order valence-electron chi connectivity index (χ4n) is 6.54. The van der Waals surface area contributed by atoms with E-state index in [4.69, 9.17) is 0 Å². The molecule has 8 bridgehead atoms. The number of aryl methyl sites for hydroxylation is 2. The molecule has 0 radical (unpaired) electrons. The van der Waals surface area contributed by atoms with E-state index in [1.54, 1.807) is 60.7 Å². The van der Waals surface area contributed by atoms with Gasteiger partial charge in [0.15, 0.2) is 0 Å². The maximum atomic E-state index is 13.9. The molecule has 1 aliphatic carbocycles. The average molecular weight is 629 g/mol. The van der Waals surface area contributed by atoms with Crippen LogP contribution in [0.15, 0.2) is 72.8 Å². The Morgan fingerprint density at radius 1 is 0.574 bits per heavy atom. The molecule has 8 heteroatoms. The second kappa shape index (κ2) is 12.2. The number of carboxylic acid groups (broad SMARTS) is 2. The molecule has 238 valence electrons. The van der Waals surface area contributed by atoms with Crippen LogP contribution in [0.1, 0.15) is 71.6 Å². The van der Waals surface area contributed by atoms with Crippen molar-refractivity contribution in [3.05, 3.63) is 140 Å². The van der Waals surface area contributed by atoms with Crippen molar-refractivity contribution in [3.8, 4) is 34.1 Å². The van der Waals surface area contributed by atoms with Gasteiger partial charge in [0.2, 0.25) is 0 Å². The summed E-state index contributed by atoms with van der Waals surface area (Å²) in [4.78, 5) is 23.4. The number of aliphatic carboxylic acids is 1.